The Labute approximate surface area is 152 Å². The van der Waals surface area contributed by atoms with E-state index < -0.39 is 0 Å². The average Bonchev–Trinajstić information content (AvgIpc) is 2.99. The van der Waals surface area contributed by atoms with Gasteiger partial charge in [0.1, 0.15) is 0 Å². The van der Waals surface area contributed by atoms with Gasteiger partial charge in [-0.05, 0) is 24.3 Å². The van der Waals surface area contributed by atoms with Gasteiger partial charge in [-0.2, -0.15) is 4.98 Å². The van der Waals surface area contributed by atoms with E-state index in [-0.39, 0.29) is 18.2 Å². The van der Waals surface area contributed by atoms with Gasteiger partial charge < -0.3 is 15.7 Å². The lowest BCUT2D eigenvalue weighted by Crippen LogP contribution is -2.24. The number of anilines is 1. The zero-order valence-electron chi connectivity index (χ0n) is 14.3. The first-order valence-corrected chi connectivity index (χ1v) is 9.75. The zero-order valence-corrected chi connectivity index (χ0v) is 15.1. The molecule has 0 bridgehead atoms. The summed E-state index contributed by atoms with van der Waals surface area (Å²) >= 11 is 1.37. The molecule has 3 rings (SSSR count). The Morgan fingerprint density at radius 2 is 1.96 bits per heavy atom. The van der Waals surface area contributed by atoms with E-state index in [0.29, 0.717) is 22.5 Å². The Morgan fingerprint density at radius 1 is 1.20 bits per heavy atom. The molecule has 134 valence electrons. The lowest BCUT2D eigenvalue weighted by Gasteiger charge is -2.21. The third kappa shape index (κ3) is 5.46. The molecule has 0 spiro atoms. The maximum atomic E-state index is 12.1. The highest BCUT2D eigenvalue weighted by Crippen LogP contribution is 2.30. The quantitative estimate of drug-likeness (QED) is 0.705. The van der Waals surface area contributed by atoms with Gasteiger partial charge >= 0.3 is 0 Å². The predicted octanol–water partition coefficient (Wildman–Crippen LogP) is 3.70. The van der Waals surface area contributed by atoms with E-state index in [4.69, 9.17) is 0 Å². The summed E-state index contributed by atoms with van der Waals surface area (Å²) in [5, 5.41) is 16.9. The van der Waals surface area contributed by atoms with Crippen molar-refractivity contribution in [2.45, 2.75) is 45.1 Å². The van der Waals surface area contributed by atoms with E-state index in [1.165, 1.54) is 43.4 Å². The fraction of sp³-hybridized carbons (Fsp3) is 0.474. The zero-order chi connectivity index (χ0) is 17.5. The number of aromatic nitrogens is 1. The van der Waals surface area contributed by atoms with Gasteiger partial charge in [0.15, 0.2) is 5.13 Å². The number of hydrogen-bond acceptors (Lipinski definition) is 5. The molecule has 2 aromatic rings. The highest BCUT2D eigenvalue weighted by Gasteiger charge is 2.16. The minimum atomic E-state index is -0.110. The maximum Gasteiger partial charge on any atom is 0.227 e. The highest BCUT2D eigenvalue weighted by atomic mass is 32.1. The van der Waals surface area contributed by atoms with Crippen LogP contribution in [0.1, 0.15) is 42.5 Å². The maximum absolute atomic E-state index is 12.1. The van der Waals surface area contributed by atoms with Crippen molar-refractivity contribution in [1.29, 1.82) is 0 Å². The first-order valence-electron chi connectivity index (χ1n) is 8.94. The fourth-order valence-electron chi connectivity index (χ4n) is 3.16. The Kier molecular flexibility index (Phi) is 6.28. The predicted molar refractivity (Wildman–Crippen MR) is 101 cm³/mol. The van der Waals surface area contributed by atoms with E-state index in [1.807, 2.05) is 30.3 Å². The molecule has 6 heteroatoms. The summed E-state index contributed by atoms with van der Waals surface area (Å²) in [4.78, 5) is 16.8. The number of amides is 1. The van der Waals surface area contributed by atoms with Crippen LogP contribution in [0.25, 0.3) is 0 Å². The minimum Gasteiger partial charge on any atom is -0.492 e. The van der Waals surface area contributed by atoms with Gasteiger partial charge in [-0.3, -0.25) is 4.79 Å². The lowest BCUT2D eigenvalue weighted by molar-refractivity contribution is -0.120. The van der Waals surface area contributed by atoms with E-state index in [9.17, 15) is 9.90 Å². The summed E-state index contributed by atoms with van der Waals surface area (Å²) < 4.78 is 0. The molecule has 1 saturated carbocycles. The van der Waals surface area contributed by atoms with Gasteiger partial charge in [-0.15, -0.1) is 0 Å². The van der Waals surface area contributed by atoms with Crippen molar-refractivity contribution >= 4 is 22.4 Å². The second kappa shape index (κ2) is 8.85. The van der Waals surface area contributed by atoms with Crippen LogP contribution in [0.15, 0.2) is 30.3 Å². The van der Waals surface area contributed by atoms with Gasteiger partial charge in [-0.1, -0.05) is 60.9 Å². The Bertz CT molecular complexity index is 681. The topological polar surface area (TPSA) is 74.2 Å². The summed E-state index contributed by atoms with van der Waals surface area (Å²) in [6, 6.07) is 9.78. The third-order valence-electron chi connectivity index (χ3n) is 4.60. The molecule has 0 saturated heterocycles. The van der Waals surface area contributed by atoms with E-state index in [0.717, 1.165) is 12.1 Å². The summed E-state index contributed by atoms with van der Waals surface area (Å²) in [5.74, 6) is 0.546. The van der Waals surface area contributed by atoms with Crippen LogP contribution in [0.3, 0.4) is 0 Å². The Hall–Kier alpha value is -2.08. The van der Waals surface area contributed by atoms with Crippen molar-refractivity contribution in [2.75, 3.05) is 11.9 Å². The number of nitrogens with one attached hydrogen (secondary N) is 2. The molecule has 1 fully saturated rings. The van der Waals surface area contributed by atoms with Gasteiger partial charge in [-0.25, -0.2) is 0 Å². The van der Waals surface area contributed by atoms with Gasteiger partial charge in [0.2, 0.25) is 11.8 Å². The molecule has 0 radical (unpaired) electrons. The molecule has 5 nitrogen and oxygen atoms in total. The van der Waals surface area contributed by atoms with Crippen LogP contribution in [0.5, 0.6) is 5.88 Å². The first-order chi connectivity index (χ1) is 12.2. The average molecular weight is 359 g/mol. The number of benzene rings is 1. The van der Waals surface area contributed by atoms with E-state index >= 15 is 0 Å². The number of hydrogen-bond donors (Lipinski definition) is 3. The normalized spacial score (nSPS) is 15.0. The number of carbonyl (C=O) groups excluding carboxylic acids is 1. The third-order valence-corrected chi connectivity index (χ3v) is 5.60. The van der Waals surface area contributed by atoms with Crippen LogP contribution in [0.2, 0.25) is 0 Å². The summed E-state index contributed by atoms with van der Waals surface area (Å²) in [5.41, 5.74) is 1.05. The molecule has 0 aliphatic heterocycles. The monoisotopic (exact) mass is 359 g/mol. The van der Waals surface area contributed by atoms with Crippen molar-refractivity contribution in [1.82, 2.24) is 10.3 Å². The molecule has 1 amide bonds. The van der Waals surface area contributed by atoms with Gasteiger partial charge in [0, 0.05) is 13.1 Å². The van der Waals surface area contributed by atoms with Crippen LogP contribution in [0.4, 0.5) is 5.13 Å². The number of aromatic hydroxyl groups is 1. The Morgan fingerprint density at radius 3 is 2.72 bits per heavy atom. The molecule has 1 aliphatic rings. The smallest absolute Gasteiger partial charge is 0.227 e. The molecule has 25 heavy (non-hydrogen) atoms. The first kappa shape index (κ1) is 17.7. The summed E-state index contributed by atoms with van der Waals surface area (Å²) in [6.07, 6.45) is 6.64. The summed E-state index contributed by atoms with van der Waals surface area (Å²) in [6.45, 7) is 1.39. The van der Waals surface area contributed by atoms with Crippen LogP contribution in [0, 0.1) is 5.92 Å². The fourth-order valence-corrected chi connectivity index (χ4v) is 4.02. The molecule has 3 N–H and O–H groups in total. The lowest BCUT2D eigenvalue weighted by atomic mass is 9.89. The molecular formula is C19H25N3O2S. The molecule has 0 atom stereocenters. The SMILES string of the molecule is O=C(Cc1sc(NCC2CCCCC2)nc1O)NCc1ccccc1. The number of thiazole rings is 1. The molecule has 1 aromatic carbocycles. The molecular weight excluding hydrogens is 334 g/mol. The second-order valence-electron chi connectivity index (χ2n) is 6.59. The molecule has 1 aromatic heterocycles. The van der Waals surface area contributed by atoms with Crippen molar-refractivity contribution in [3.05, 3.63) is 40.8 Å². The van der Waals surface area contributed by atoms with Gasteiger partial charge in [0.25, 0.3) is 0 Å². The second-order valence-corrected chi connectivity index (χ2v) is 7.67. The van der Waals surface area contributed by atoms with Crippen molar-refractivity contribution in [2.24, 2.45) is 5.92 Å². The number of rotatable bonds is 7. The largest absolute Gasteiger partial charge is 0.492 e. The Balaban J connectivity index is 1.47. The minimum absolute atomic E-state index is 0.0361. The van der Waals surface area contributed by atoms with Gasteiger partial charge in [0.05, 0.1) is 11.3 Å². The van der Waals surface area contributed by atoms with Crippen LogP contribution in [-0.4, -0.2) is 22.5 Å². The number of carbonyl (C=O) groups is 1. The van der Waals surface area contributed by atoms with Crippen molar-refractivity contribution in [3.63, 3.8) is 0 Å². The highest BCUT2D eigenvalue weighted by molar-refractivity contribution is 7.16. The molecule has 1 heterocycles. The molecule has 0 unspecified atom stereocenters. The summed E-state index contributed by atoms with van der Waals surface area (Å²) in [7, 11) is 0. The standard InChI is InChI=1S/C19H25N3O2S/c23-17(20-12-14-7-3-1-4-8-14)11-16-18(24)22-19(25-16)21-13-15-9-5-2-6-10-15/h1,3-4,7-8,15,24H,2,5-6,9-13H2,(H,20,23)(H,21,22). The van der Waals surface area contributed by atoms with E-state index in [1.54, 1.807) is 0 Å². The number of nitrogens with zero attached hydrogens (tertiary/aromatic N) is 1. The van der Waals surface area contributed by atoms with Crippen molar-refractivity contribution < 1.29 is 9.90 Å². The van der Waals surface area contributed by atoms with Crippen LogP contribution >= 0.6 is 11.3 Å². The van der Waals surface area contributed by atoms with Crippen molar-refractivity contribution in [3.8, 4) is 5.88 Å². The van der Waals surface area contributed by atoms with Crippen LogP contribution in [-0.2, 0) is 17.8 Å². The molecule has 1 aliphatic carbocycles. The van der Waals surface area contributed by atoms with Crippen LogP contribution < -0.4 is 10.6 Å². The van der Waals surface area contributed by atoms with E-state index in [2.05, 4.69) is 15.6 Å².